The first kappa shape index (κ1) is 12.7. The molecular weight excluding hydrogens is 260 g/mol. The number of aliphatic carboxylic acids is 1. The Kier molecular flexibility index (Phi) is 2.74. The van der Waals surface area contributed by atoms with Crippen molar-refractivity contribution in [2.24, 2.45) is 5.92 Å². The Bertz CT molecular complexity index is 638. The zero-order valence-corrected chi connectivity index (χ0v) is 10.9. The van der Waals surface area contributed by atoms with Crippen molar-refractivity contribution in [3.05, 3.63) is 45.5 Å². The minimum atomic E-state index is -0.882. The summed E-state index contributed by atoms with van der Waals surface area (Å²) >= 11 is 0. The SMILES string of the molecule is Cc1cc([N+](=O)[O-])cc2c1N[C@@H](C(=O)O)[C@@H]1CC=C[C@H]21. The highest BCUT2D eigenvalue weighted by molar-refractivity contribution is 5.82. The Labute approximate surface area is 115 Å². The fraction of sp³-hybridized carbons (Fsp3) is 0.357. The summed E-state index contributed by atoms with van der Waals surface area (Å²) in [7, 11) is 0. The number of nitrogens with zero attached hydrogens (tertiary/aromatic N) is 1. The minimum absolute atomic E-state index is 0.0517. The van der Waals surface area contributed by atoms with E-state index in [-0.39, 0.29) is 17.5 Å². The Hall–Kier alpha value is -2.37. The van der Waals surface area contributed by atoms with Gasteiger partial charge in [0.1, 0.15) is 6.04 Å². The van der Waals surface area contributed by atoms with Crippen LogP contribution < -0.4 is 5.32 Å². The molecule has 6 heteroatoms. The van der Waals surface area contributed by atoms with Crippen LogP contribution in [0.25, 0.3) is 0 Å². The van der Waals surface area contributed by atoms with E-state index in [1.165, 1.54) is 6.07 Å². The molecule has 2 N–H and O–H groups in total. The number of hydrogen-bond acceptors (Lipinski definition) is 4. The van der Waals surface area contributed by atoms with Crippen molar-refractivity contribution in [3.63, 3.8) is 0 Å². The summed E-state index contributed by atoms with van der Waals surface area (Å²) in [6.07, 6.45) is 4.59. The number of carbonyl (C=O) groups is 1. The van der Waals surface area contributed by atoms with Crippen LogP contribution in [-0.2, 0) is 4.79 Å². The largest absolute Gasteiger partial charge is 0.480 e. The van der Waals surface area contributed by atoms with Crippen molar-refractivity contribution in [2.45, 2.75) is 25.3 Å². The highest BCUT2D eigenvalue weighted by Gasteiger charge is 2.41. The lowest BCUT2D eigenvalue weighted by atomic mass is 9.78. The topological polar surface area (TPSA) is 92.5 Å². The second-order valence-corrected chi connectivity index (χ2v) is 5.30. The third kappa shape index (κ3) is 1.76. The molecule has 0 saturated carbocycles. The molecule has 0 amide bonds. The molecule has 0 radical (unpaired) electrons. The average Bonchev–Trinajstić information content (AvgIpc) is 2.86. The number of nitro benzene ring substituents is 1. The van der Waals surface area contributed by atoms with Crippen molar-refractivity contribution in [3.8, 4) is 0 Å². The van der Waals surface area contributed by atoms with Gasteiger partial charge in [-0.25, -0.2) is 4.79 Å². The number of nitro groups is 1. The van der Waals surface area contributed by atoms with Gasteiger partial charge in [-0.2, -0.15) is 0 Å². The molecule has 3 rings (SSSR count). The molecule has 6 nitrogen and oxygen atoms in total. The van der Waals surface area contributed by atoms with E-state index < -0.39 is 16.9 Å². The van der Waals surface area contributed by atoms with Crippen molar-refractivity contribution in [1.29, 1.82) is 0 Å². The Morgan fingerprint density at radius 3 is 2.90 bits per heavy atom. The van der Waals surface area contributed by atoms with Crippen molar-refractivity contribution in [2.75, 3.05) is 5.32 Å². The van der Waals surface area contributed by atoms with Gasteiger partial charge in [-0.05, 0) is 24.5 Å². The molecule has 0 unspecified atom stereocenters. The van der Waals surface area contributed by atoms with E-state index in [0.717, 1.165) is 11.3 Å². The fourth-order valence-corrected chi connectivity index (χ4v) is 3.22. The quantitative estimate of drug-likeness (QED) is 0.491. The number of non-ortho nitro benzene ring substituents is 1. The summed E-state index contributed by atoms with van der Waals surface area (Å²) in [5.41, 5.74) is 2.30. The summed E-state index contributed by atoms with van der Waals surface area (Å²) in [5.74, 6) is -1.03. The summed E-state index contributed by atoms with van der Waals surface area (Å²) < 4.78 is 0. The number of fused-ring (bicyclic) bond motifs is 3. The van der Waals surface area contributed by atoms with Crippen LogP contribution in [0, 0.1) is 23.0 Å². The molecule has 20 heavy (non-hydrogen) atoms. The predicted molar refractivity (Wildman–Crippen MR) is 72.9 cm³/mol. The summed E-state index contributed by atoms with van der Waals surface area (Å²) in [6.45, 7) is 1.76. The lowest BCUT2D eigenvalue weighted by Crippen LogP contribution is -2.42. The smallest absolute Gasteiger partial charge is 0.326 e. The summed E-state index contributed by atoms with van der Waals surface area (Å²) in [6, 6.07) is 2.38. The Morgan fingerprint density at radius 2 is 2.25 bits per heavy atom. The predicted octanol–water partition coefficient (Wildman–Crippen LogP) is 2.44. The van der Waals surface area contributed by atoms with Gasteiger partial charge >= 0.3 is 5.97 Å². The first-order valence-corrected chi connectivity index (χ1v) is 6.44. The molecule has 1 aliphatic heterocycles. The number of allylic oxidation sites excluding steroid dienone is 2. The van der Waals surface area contributed by atoms with E-state index in [9.17, 15) is 20.0 Å². The van der Waals surface area contributed by atoms with E-state index in [1.54, 1.807) is 13.0 Å². The standard InChI is InChI=1S/C14H14N2O4/c1-7-5-8(16(19)20)6-11-9-3-2-4-10(9)13(14(17)18)15-12(7)11/h2-3,5-6,9-10,13,15H,4H2,1H3,(H,17,18)/t9-,10+,13+/m0/s1. The van der Waals surface area contributed by atoms with E-state index in [4.69, 9.17) is 0 Å². The average molecular weight is 274 g/mol. The second-order valence-electron chi connectivity index (χ2n) is 5.30. The van der Waals surface area contributed by atoms with Crippen LogP contribution in [0.5, 0.6) is 0 Å². The van der Waals surface area contributed by atoms with Crippen LogP contribution in [0.15, 0.2) is 24.3 Å². The van der Waals surface area contributed by atoms with Crippen LogP contribution in [-0.4, -0.2) is 22.0 Å². The zero-order valence-electron chi connectivity index (χ0n) is 10.9. The normalized spacial score (nSPS) is 26.6. The summed E-state index contributed by atoms with van der Waals surface area (Å²) in [4.78, 5) is 22.0. The van der Waals surface area contributed by atoms with Crippen molar-refractivity contribution >= 4 is 17.3 Å². The lowest BCUT2D eigenvalue weighted by Gasteiger charge is -2.35. The summed E-state index contributed by atoms with van der Waals surface area (Å²) in [5, 5.41) is 23.4. The van der Waals surface area contributed by atoms with Gasteiger partial charge in [0.15, 0.2) is 0 Å². The third-order valence-electron chi connectivity index (χ3n) is 4.13. The molecule has 0 spiro atoms. The van der Waals surface area contributed by atoms with E-state index in [0.29, 0.717) is 12.0 Å². The second kappa shape index (κ2) is 4.33. The zero-order chi connectivity index (χ0) is 14.4. The number of rotatable bonds is 2. The molecular formula is C14H14N2O4. The van der Waals surface area contributed by atoms with Crippen LogP contribution >= 0.6 is 0 Å². The molecule has 2 aliphatic rings. The number of nitrogens with one attached hydrogen (secondary N) is 1. The van der Waals surface area contributed by atoms with E-state index in [2.05, 4.69) is 5.32 Å². The molecule has 1 aromatic carbocycles. The molecule has 104 valence electrons. The fourth-order valence-electron chi connectivity index (χ4n) is 3.22. The number of anilines is 1. The molecule has 0 saturated heterocycles. The van der Waals surface area contributed by atoms with Gasteiger partial charge in [-0.1, -0.05) is 12.2 Å². The number of aryl methyl sites for hydroxylation is 1. The maximum absolute atomic E-state index is 11.4. The van der Waals surface area contributed by atoms with E-state index in [1.807, 2.05) is 12.2 Å². The maximum atomic E-state index is 11.4. The van der Waals surface area contributed by atoms with Gasteiger partial charge in [0.05, 0.1) is 4.92 Å². The van der Waals surface area contributed by atoms with Gasteiger partial charge < -0.3 is 10.4 Å². The van der Waals surface area contributed by atoms with E-state index >= 15 is 0 Å². The maximum Gasteiger partial charge on any atom is 0.326 e. The molecule has 1 aromatic rings. The van der Waals surface area contributed by atoms with Crippen molar-refractivity contribution < 1.29 is 14.8 Å². The monoisotopic (exact) mass is 274 g/mol. The molecule has 1 aliphatic carbocycles. The Morgan fingerprint density at radius 1 is 1.50 bits per heavy atom. The molecule has 0 aromatic heterocycles. The number of hydrogen-bond donors (Lipinski definition) is 2. The van der Waals surface area contributed by atoms with Crippen molar-refractivity contribution in [1.82, 2.24) is 0 Å². The highest BCUT2D eigenvalue weighted by Crippen LogP contribution is 2.46. The Balaban J connectivity index is 2.15. The molecule has 0 bridgehead atoms. The molecule has 0 fully saturated rings. The first-order chi connectivity index (χ1) is 9.49. The number of carboxylic acid groups (broad SMARTS) is 1. The number of benzene rings is 1. The lowest BCUT2D eigenvalue weighted by molar-refractivity contribution is -0.385. The van der Waals surface area contributed by atoms with Gasteiger partial charge in [0.2, 0.25) is 0 Å². The van der Waals surface area contributed by atoms with Gasteiger partial charge in [0, 0.05) is 29.7 Å². The van der Waals surface area contributed by atoms with Crippen LogP contribution in [0.2, 0.25) is 0 Å². The van der Waals surface area contributed by atoms with Gasteiger partial charge in [-0.15, -0.1) is 0 Å². The first-order valence-electron chi connectivity index (χ1n) is 6.44. The van der Waals surface area contributed by atoms with Gasteiger partial charge in [0.25, 0.3) is 5.69 Å². The molecule has 1 heterocycles. The molecule has 3 atom stereocenters. The van der Waals surface area contributed by atoms with Gasteiger partial charge in [-0.3, -0.25) is 10.1 Å². The van der Waals surface area contributed by atoms with Crippen LogP contribution in [0.4, 0.5) is 11.4 Å². The third-order valence-corrected chi connectivity index (χ3v) is 4.13. The van der Waals surface area contributed by atoms with Crippen LogP contribution in [0.3, 0.4) is 0 Å². The number of carboxylic acids is 1. The van der Waals surface area contributed by atoms with Crippen LogP contribution in [0.1, 0.15) is 23.5 Å². The highest BCUT2D eigenvalue weighted by atomic mass is 16.6. The minimum Gasteiger partial charge on any atom is -0.480 e.